The van der Waals surface area contributed by atoms with E-state index in [9.17, 15) is 35.9 Å². The summed E-state index contributed by atoms with van der Waals surface area (Å²) in [6.07, 6.45) is -8.68. The van der Waals surface area contributed by atoms with Crippen LogP contribution in [0.4, 0.5) is 26.3 Å². The lowest BCUT2D eigenvalue weighted by molar-refractivity contribution is -0.278. The van der Waals surface area contributed by atoms with Gasteiger partial charge in [0.25, 0.3) is 11.2 Å². The van der Waals surface area contributed by atoms with E-state index in [1.807, 2.05) is 0 Å². The predicted molar refractivity (Wildman–Crippen MR) is 152 cm³/mol. The Labute approximate surface area is 256 Å². The smallest absolute Gasteiger partial charge is 0.432 e. The predicted octanol–water partition coefficient (Wildman–Crippen LogP) is 7.23. The third-order valence-corrected chi connectivity index (χ3v) is 7.03. The first-order valence-electron chi connectivity index (χ1n) is 13.8. The third-order valence-electron chi connectivity index (χ3n) is 7.03. The molecule has 0 amide bonds. The highest BCUT2D eigenvalue weighted by atomic mass is 19.4. The van der Waals surface area contributed by atoms with Crippen molar-refractivity contribution in [2.75, 3.05) is 20.8 Å². The number of ether oxygens (including phenoxy) is 4. The average Bonchev–Trinajstić information content (AvgIpc) is 3.01. The van der Waals surface area contributed by atoms with Gasteiger partial charge >= 0.3 is 24.3 Å². The molecule has 0 aliphatic carbocycles. The number of rotatable bonds is 14. The molecule has 3 aromatic rings. The molecule has 6 nitrogen and oxygen atoms in total. The van der Waals surface area contributed by atoms with Crippen LogP contribution in [0.3, 0.4) is 0 Å². The van der Waals surface area contributed by atoms with Crippen LogP contribution in [0.25, 0.3) is 0 Å². The Morgan fingerprint density at radius 2 is 1.13 bits per heavy atom. The number of hydrogen-bond acceptors (Lipinski definition) is 6. The Morgan fingerprint density at radius 1 is 0.689 bits per heavy atom. The Kier molecular flexibility index (Phi) is 11.9. The molecule has 0 spiro atoms. The second kappa shape index (κ2) is 15.2. The van der Waals surface area contributed by atoms with Crippen LogP contribution in [0.1, 0.15) is 29.5 Å². The molecule has 45 heavy (non-hydrogen) atoms. The maximum Gasteiger partial charge on any atom is 0.432 e. The first-order chi connectivity index (χ1) is 21.3. The lowest BCUT2D eigenvalue weighted by Gasteiger charge is -2.33. The van der Waals surface area contributed by atoms with Crippen molar-refractivity contribution in [3.05, 3.63) is 120 Å². The molecule has 3 atom stereocenters. The van der Waals surface area contributed by atoms with Crippen molar-refractivity contribution in [1.82, 2.24) is 0 Å². The summed E-state index contributed by atoms with van der Waals surface area (Å²) in [5.41, 5.74) is -6.92. The minimum absolute atomic E-state index is 0.0628. The van der Waals surface area contributed by atoms with Crippen LogP contribution in [0, 0.1) is 0 Å². The van der Waals surface area contributed by atoms with Gasteiger partial charge in [0.1, 0.15) is 6.10 Å². The minimum Gasteiger partial charge on any atom is -0.463 e. The Balaban J connectivity index is 1.79. The molecule has 0 N–H and O–H groups in total. The second-order valence-corrected chi connectivity index (χ2v) is 9.82. The molecular formula is C33H32F6O6. The lowest BCUT2D eigenvalue weighted by atomic mass is 9.92. The molecule has 3 aromatic carbocycles. The zero-order valence-corrected chi connectivity index (χ0v) is 24.4. The highest BCUT2D eigenvalue weighted by Gasteiger charge is 2.65. The van der Waals surface area contributed by atoms with E-state index < -0.39 is 59.3 Å². The van der Waals surface area contributed by atoms with Crippen LogP contribution in [-0.2, 0) is 46.2 Å². The average molecular weight is 639 g/mol. The maximum absolute atomic E-state index is 14.4. The maximum atomic E-state index is 14.4. The molecular weight excluding hydrogens is 606 g/mol. The van der Waals surface area contributed by atoms with Crippen molar-refractivity contribution in [2.45, 2.75) is 48.9 Å². The first kappa shape index (κ1) is 35.3. The van der Waals surface area contributed by atoms with Gasteiger partial charge in [-0.15, -0.1) is 0 Å². The molecule has 12 heteroatoms. The van der Waals surface area contributed by atoms with E-state index in [0.29, 0.717) is 6.42 Å². The van der Waals surface area contributed by atoms with E-state index >= 15 is 0 Å². The standard InChI is InChI=1S/C33H32F6O6/c1-42-30(32(34,35)36,25-16-8-4-9-17-25)28(40)44-23-13-12-20-27(22-21-24-14-6-3-7-15-24)45-29(41)31(43-2,33(37,38)39)26-18-10-5-11-19-26/h3-12,14-20,27H,13,21-23H2,1-2H3/b20-12-/t27-,30+,31+/m1/s1. The summed E-state index contributed by atoms with van der Waals surface area (Å²) in [5, 5.41) is 0. The van der Waals surface area contributed by atoms with Crippen molar-refractivity contribution < 1.29 is 54.9 Å². The molecule has 0 aliphatic heterocycles. The highest BCUT2D eigenvalue weighted by molar-refractivity contribution is 5.83. The summed E-state index contributed by atoms with van der Waals surface area (Å²) < 4.78 is 105. The van der Waals surface area contributed by atoms with Crippen molar-refractivity contribution >= 4 is 11.9 Å². The van der Waals surface area contributed by atoms with Crippen LogP contribution in [0.2, 0.25) is 0 Å². The number of esters is 2. The van der Waals surface area contributed by atoms with E-state index in [4.69, 9.17) is 18.9 Å². The number of halogens is 6. The van der Waals surface area contributed by atoms with Crippen molar-refractivity contribution in [3.63, 3.8) is 0 Å². The van der Waals surface area contributed by atoms with Gasteiger partial charge in [0, 0.05) is 25.3 Å². The van der Waals surface area contributed by atoms with Gasteiger partial charge in [0.15, 0.2) is 0 Å². The monoisotopic (exact) mass is 638 g/mol. The van der Waals surface area contributed by atoms with E-state index in [1.54, 1.807) is 30.3 Å². The van der Waals surface area contributed by atoms with Crippen LogP contribution >= 0.6 is 0 Å². The number of methoxy groups -OCH3 is 2. The van der Waals surface area contributed by atoms with Crippen LogP contribution < -0.4 is 0 Å². The summed E-state index contributed by atoms with van der Waals surface area (Å²) in [6, 6.07) is 21.5. The van der Waals surface area contributed by atoms with Crippen LogP contribution in [0.15, 0.2) is 103 Å². The number of aryl methyl sites for hydroxylation is 1. The third kappa shape index (κ3) is 7.93. The molecule has 0 radical (unpaired) electrons. The Morgan fingerprint density at radius 3 is 1.58 bits per heavy atom. The van der Waals surface area contributed by atoms with Crippen molar-refractivity contribution in [2.24, 2.45) is 0 Å². The van der Waals surface area contributed by atoms with Gasteiger partial charge in [-0.2, -0.15) is 26.3 Å². The van der Waals surface area contributed by atoms with Gasteiger partial charge in [-0.1, -0.05) is 97.1 Å². The van der Waals surface area contributed by atoms with Gasteiger partial charge in [0.2, 0.25) is 0 Å². The fourth-order valence-electron chi connectivity index (χ4n) is 4.71. The van der Waals surface area contributed by atoms with E-state index in [2.05, 4.69) is 0 Å². The van der Waals surface area contributed by atoms with E-state index in [-0.39, 0.29) is 12.8 Å². The highest BCUT2D eigenvalue weighted by Crippen LogP contribution is 2.44. The van der Waals surface area contributed by atoms with Crippen LogP contribution in [0.5, 0.6) is 0 Å². The quantitative estimate of drug-likeness (QED) is 0.0804. The van der Waals surface area contributed by atoms with Crippen molar-refractivity contribution in [3.8, 4) is 0 Å². The summed E-state index contributed by atoms with van der Waals surface area (Å²) in [6.45, 7) is -0.530. The number of carbonyl (C=O) groups excluding carboxylic acids is 2. The molecule has 0 bridgehead atoms. The molecule has 0 aliphatic rings. The lowest BCUT2D eigenvalue weighted by Crippen LogP contribution is -2.52. The number of carbonyl (C=O) groups is 2. The zero-order valence-electron chi connectivity index (χ0n) is 24.4. The first-order valence-corrected chi connectivity index (χ1v) is 13.8. The summed E-state index contributed by atoms with van der Waals surface area (Å²) in [7, 11) is 1.49. The topological polar surface area (TPSA) is 71.1 Å². The van der Waals surface area contributed by atoms with Crippen LogP contribution in [-0.4, -0.2) is 51.2 Å². The SMILES string of the molecule is CO[C@](C(=O)OCC/C=C\[C@H](CCc1ccccc1)OC(=O)[C@@](OC)(c1ccccc1)C(F)(F)F)(c1ccccc1)C(F)(F)F. The van der Waals surface area contributed by atoms with Gasteiger partial charge in [-0.05, 0) is 30.9 Å². The Hall–Kier alpha value is -4.16. The fraction of sp³-hybridized carbons (Fsp3) is 0.333. The van der Waals surface area contributed by atoms with Crippen molar-refractivity contribution in [1.29, 1.82) is 0 Å². The van der Waals surface area contributed by atoms with Gasteiger partial charge in [-0.3, -0.25) is 0 Å². The largest absolute Gasteiger partial charge is 0.463 e. The Bertz CT molecular complexity index is 1400. The van der Waals surface area contributed by atoms with Gasteiger partial charge in [-0.25, -0.2) is 9.59 Å². The number of hydrogen-bond donors (Lipinski definition) is 0. The van der Waals surface area contributed by atoms with Gasteiger partial charge < -0.3 is 18.9 Å². The molecule has 0 aromatic heterocycles. The molecule has 0 saturated carbocycles. The molecule has 0 heterocycles. The molecule has 0 fully saturated rings. The molecule has 242 valence electrons. The summed E-state index contributed by atoms with van der Waals surface area (Å²) in [4.78, 5) is 26.0. The number of benzene rings is 3. The minimum atomic E-state index is -5.19. The zero-order chi connectivity index (χ0) is 33.1. The summed E-state index contributed by atoms with van der Waals surface area (Å²) >= 11 is 0. The molecule has 0 saturated heterocycles. The fourth-order valence-corrected chi connectivity index (χ4v) is 4.71. The van der Waals surface area contributed by atoms with Gasteiger partial charge in [0.05, 0.1) is 6.61 Å². The van der Waals surface area contributed by atoms with E-state index in [0.717, 1.165) is 44.0 Å². The second-order valence-electron chi connectivity index (χ2n) is 9.82. The molecule has 0 unspecified atom stereocenters. The molecule has 3 rings (SSSR count). The normalized spacial score (nSPS) is 15.6. The number of alkyl halides is 6. The van der Waals surface area contributed by atoms with E-state index in [1.165, 1.54) is 48.6 Å². The summed E-state index contributed by atoms with van der Waals surface area (Å²) in [5.74, 6) is -3.39.